The van der Waals surface area contributed by atoms with E-state index >= 15 is 0 Å². The molecule has 1 aliphatic rings. The van der Waals surface area contributed by atoms with Gasteiger partial charge in [0.25, 0.3) is 0 Å². The Balaban J connectivity index is 2.15. The fourth-order valence-electron chi connectivity index (χ4n) is 2.13. The molecule has 0 heterocycles. The van der Waals surface area contributed by atoms with Crippen LogP contribution < -0.4 is 16.0 Å². The zero-order valence-corrected chi connectivity index (χ0v) is 11.4. The normalized spacial score (nSPS) is 17.4. The highest BCUT2D eigenvalue weighted by atomic mass is 16.2. The van der Waals surface area contributed by atoms with Crippen LogP contribution in [-0.4, -0.2) is 37.0 Å². The van der Waals surface area contributed by atoms with E-state index in [1.54, 1.807) is 6.92 Å². The van der Waals surface area contributed by atoms with Crippen LogP contribution in [0.15, 0.2) is 0 Å². The van der Waals surface area contributed by atoms with Crippen molar-refractivity contribution >= 4 is 11.8 Å². The molecule has 1 saturated carbocycles. The number of nitrogens with one attached hydrogen (secondary N) is 3. The molecule has 5 heteroatoms. The molecule has 0 aliphatic heterocycles. The lowest BCUT2D eigenvalue weighted by Crippen LogP contribution is -2.48. The van der Waals surface area contributed by atoms with E-state index in [9.17, 15) is 9.59 Å². The standard InChI is InChI=1S/C13H25N3O2/c1-3-8-14-13(18)10(2)16-12(17)9-15-11-6-4-5-7-11/h10-11,15H,3-9H2,1-2H3,(H,14,18)(H,16,17). The second-order valence-electron chi connectivity index (χ2n) is 4.94. The molecule has 5 nitrogen and oxygen atoms in total. The molecular formula is C13H25N3O2. The van der Waals surface area contributed by atoms with Gasteiger partial charge in [-0.2, -0.15) is 0 Å². The van der Waals surface area contributed by atoms with Crippen molar-refractivity contribution in [1.29, 1.82) is 0 Å². The summed E-state index contributed by atoms with van der Waals surface area (Å²) in [5.41, 5.74) is 0. The quantitative estimate of drug-likeness (QED) is 0.622. The van der Waals surface area contributed by atoms with Crippen LogP contribution >= 0.6 is 0 Å². The highest BCUT2D eigenvalue weighted by Gasteiger charge is 2.17. The van der Waals surface area contributed by atoms with E-state index in [1.807, 2.05) is 6.92 Å². The summed E-state index contributed by atoms with van der Waals surface area (Å²) >= 11 is 0. The number of amides is 2. The highest BCUT2D eigenvalue weighted by Crippen LogP contribution is 2.17. The molecule has 0 radical (unpaired) electrons. The van der Waals surface area contributed by atoms with Crippen LogP contribution in [0.3, 0.4) is 0 Å². The van der Waals surface area contributed by atoms with Crippen LogP contribution in [0.1, 0.15) is 46.0 Å². The van der Waals surface area contributed by atoms with Crippen LogP contribution in [0.5, 0.6) is 0 Å². The molecule has 3 N–H and O–H groups in total. The van der Waals surface area contributed by atoms with Gasteiger partial charge in [-0.1, -0.05) is 19.8 Å². The molecule has 1 rings (SSSR count). The van der Waals surface area contributed by atoms with Crippen LogP contribution in [0.4, 0.5) is 0 Å². The van der Waals surface area contributed by atoms with E-state index in [1.165, 1.54) is 12.8 Å². The molecule has 1 atom stereocenters. The van der Waals surface area contributed by atoms with E-state index in [0.29, 0.717) is 19.1 Å². The molecule has 1 aliphatic carbocycles. The Morgan fingerprint density at radius 1 is 1.28 bits per heavy atom. The minimum Gasteiger partial charge on any atom is -0.354 e. The van der Waals surface area contributed by atoms with E-state index in [2.05, 4.69) is 16.0 Å². The third kappa shape index (κ3) is 5.49. The van der Waals surface area contributed by atoms with E-state index in [-0.39, 0.29) is 11.8 Å². The van der Waals surface area contributed by atoms with Gasteiger partial charge >= 0.3 is 0 Å². The van der Waals surface area contributed by atoms with Gasteiger partial charge in [0.15, 0.2) is 0 Å². The number of rotatable bonds is 7. The first-order valence-electron chi connectivity index (χ1n) is 6.94. The first-order valence-corrected chi connectivity index (χ1v) is 6.94. The molecule has 0 saturated heterocycles. The van der Waals surface area contributed by atoms with Gasteiger partial charge in [-0.3, -0.25) is 9.59 Å². The predicted molar refractivity (Wildman–Crippen MR) is 71.2 cm³/mol. The van der Waals surface area contributed by atoms with Crippen molar-refractivity contribution in [2.24, 2.45) is 0 Å². The molecule has 0 bridgehead atoms. The molecule has 2 amide bonds. The summed E-state index contributed by atoms with van der Waals surface area (Å²) in [6.45, 7) is 4.66. The Bertz CT molecular complexity index is 275. The molecule has 0 spiro atoms. The maximum atomic E-state index is 11.6. The Kier molecular flexibility index (Phi) is 6.72. The third-order valence-corrected chi connectivity index (χ3v) is 3.23. The Labute approximate surface area is 109 Å². The average Bonchev–Trinajstić information content (AvgIpc) is 2.86. The first kappa shape index (κ1) is 15.0. The summed E-state index contributed by atoms with van der Waals surface area (Å²) in [6, 6.07) is 0.00871. The zero-order valence-electron chi connectivity index (χ0n) is 11.4. The van der Waals surface area contributed by atoms with Crippen LogP contribution in [-0.2, 0) is 9.59 Å². The lowest BCUT2D eigenvalue weighted by Gasteiger charge is -2.15. The minimum absolute atomic E-state index is 0.110. The van der Waals surface area contributed by atoms with Crippen LogP contribution in [0.2, 0.25) is 0 Å². The molecule has 18 heavy (non-hydrogen) atoms. The van der Waals surface area contributed by atoms with Crippen molar-refractivity contribution in [3.8, 4) is 0 Å². The summed E-state index contributed by atoms with van der Waals surface area (Å²) in [5.74, 6) is -0.230. The summed E-state index contributed by atoms with van der Waals surface area (Å²) < 4.78 is 0. The largest absolute Gasteiger partial charge is 0.354 e. The molecular weight excluding hydrogens is 230 g/mol. The van der Waals surface area contributed by atoms with Gasteiger partial charge in [0.2, 0.25) is 11.8 Å². The van der Waals surface area contributed by atoms with E-state index < -0.39 is 6.04 Å². The van der Waals surface area contributed by atoms with Crippen LogP contribution in [0.25, 0.3) is 0 Å². The third-order valence-electron chi connectivity index (χ3n) is 3.23. The lowest BCUT2D eigenvalue weighted by molar-refractivity contribution is -0.128. The summed E-state index contributed by atoms with van der Waals surface area (Å²) in [6.07, 6.45) is 5.69. The molecule has 104 valence electrons. The van der Waals surface area contributed by atoms with E-state index in [0.717, 1.165) is 19.3 Å². The summed E-state index contributed by atoms with van der Waals surface area (Å²) in [7, 11) is 0. The van der Waals surface area contributed by atoms with E-state index in [4.69, 9.17) is 0 Å². The SMILES string of the molecule is CCCNC(=O)C(C)NC(=O)CNC1CCCC1. The Morgan fingerprint density at radius 2 is 1.94 bits per heavy atom. The molecule has 0 aromatic rings. The topological polar surface area (TPSA) is 70.2 Å². The minimum atomic E-state index is -0.463. The number of carbonyl (C=O) groups is 2. The predicted octanol–water partition coefficient (Wildman–Crippen LogP) is 0.550. The average molecular weight is 255 g/mol. The summed E-state index contributed by atoms with van der Waals surface area (Å²) in [4.78, 5) is 23.2. The fourth-order valence-corrected chi connectivity index (χ4v) is 2.13. The van der Waals surface area contributed by atoms with Gasteiger partial charge in [0.05, 0.1) is 6.54 Å². The smallest absolute Gasteiger partial charge is 0.242 e. The van der Waals surface area contributed by atoms with Gasteiger partial charge in [-0.25, -0.2) is 0 Å². The second kappa shape index (κ2) is 8.08. The maximum Gasteiger partial charge on any atom is 0.242 e. The number of hydrogen-bond donors (Lipinski definition) is 3. The fraction of sp³-hybridized carbons (Fsp3) is 0.846. The van der Waals surface area contributed by atoms with Gasteiger partial charge in [0, 0.05) is 12.6 Å². The summed E-state index contributed by atoms with van der Waals surface area (Å²) in [5, 5.41) is 8.68. The lowest BCUT2D eigenvalue weighted by atomic mass is 10.2. The van der Waals surface area contributed by atoms with Crippen molar-refractivity contribution in [3.63, 3.8) is 0 Å². The molecule has 1 unspecified atom stereocenters. The monoisotopic (exact) mass is 255 g/mol. The van der Waals surface area contributed by atoms with Crippen LogP contribution in [0, 0.1) is 0 Å². The van der Waals surface area contributed by atoms with Crippen molar-refractivity contribution in [1.82, 2.24) is 16.0 Å². The molecule has 0 aromatic heterocycles. The zero-order chi connectivity index (χ0) is 13.4. The Morgan fingerprint density at radius 3 is 2.56 bits per heavy atom. The van der Waals surface area contributed by atoms with Crippen molar-refractivity contribution in [3.05, 3.63) is 0 Å². The Hall–Kier alpha value is -1.10. The van der Waals surface area contributed by atoms with Gasteiger partial charge in [-0.05, 0) is 26.2 Å². The van der Waals surface area contributed by atoms with Gasteiger partial charge < -0.3 is 16.0 Å². The van der Waals surface area contributed by atoms with Crippen molar-refractivity contribution < 1.29 is 9.59 Å². The maximum absolute atomic E-state index is 11.6. The van der Waals surface area contributed by atoms with Crippen molar-refractivity contribution in [2.45, 2.75) is 58.0 Å². The van der Waals surface area contributed by atoms with Gasteiger partial charge in [0.1, 0.15) is 6.04 Å². The highest BCUT2D eigenvalue weighted by molar-refractivity contribution is 5.87. The molecule has 1 fully saturated rings. The number of carbonyl (C=O) groups excluding carboxylic acids is 2. The first-order chi connectivity index (χ1) is 8.63. The van der Waals surface area contributed by atoms with Gasteiger partial charge in [-0.15, -0.1) is 0 Å². The molecule has 0 aromatic carbocycles. The number of hydrogen-bond acceptors (Lipinski definition) is 3. The second-order valence-corrected chi connectivity index (χ2v) is 4.94. The van der Waals surface area contributed by atoms with Crippen molar-refractivity contribution in [2.75, 3.05) is 13.1 Å².